The molecular formula is C18H18N4O3S3. The number of nitrogens with zero attached hydrogens (tertiary/aromatic N) is 2. The quantitative estimate of drug-likeness (QED) is 0.409. The van der Waals surface area contributed by atoms with Gasteiger partial charge in [0.15, 0.2) is 10.1 Å². The molecule has 2 N–H and O–H groups in total. The van der Waals surface area contributed by atoms with Gasteiger partial charge in [-0.15, -0.1) is 10.2 Å². The summed E-state index contributed by atoms with van der Waals surface area (Å²) in [5, 5.41) is 12.1. The number of carbonyl (C=O) groups is 1. The van der Waals surface area contributed by atoms with Crippen LogP contribution in [0.2, 0.25) is 0 Å². The molecule has 0 saturated carbocycles. The number of aryl methyl sites for hydroxylation is 1. The predicted octanol–water partition coefficient (Wildman–Crippen LogP) is 3.94. The SMILES string of the molecule is Cc1cccc(Nc2nnc(SCC(=O)c3ccc(NS(C)(=O)=O)cc3)s2)c1. The van der Waals surface area contributed by atoms with Crippen LogP contribution in [0.25, 0.3) is 0 Å². The van der Waals surface area contributed by atoms with Crippen LogP contribution in [0.15, 0.2) is 52.9 Å². The van der Waals surface area contributed by atoms with Crippen molar-refractivity contribution in [1.82, 2.24) is 10.2 Å². The molecule has 0 unspecified atom stereocenters. The van der Waals surface area contributed by atoms with Gasteiger partial charge < -0.3 is 5.32 Å². The molecule has 0 saturated heterocycles. The van der Waals surface area contributed by atoms with Crippen LogP contribution in [0.3, 0.4) is 0 Å². The van der Waals surface area contributed by atoms with Crippen LogP contribution in [0.4, 0.5) is 16.5 Å². The van der Waals surface area contributed by atoms with E-state index in [1.807, 2.05) is 31.2 Å². The van der Waals surface area contributed by atoms with Crippen molar-refractivity contribution >= 4 is 55.4 Å². The molecule has 0 atom stereocenters. The normalized spacial score (nSPS) is 11.2. The molecule has 0 bridgehead atoms. The summed E-state index contributed by atoms with van der Waals surface area (Å²) in [6.07, 6.45) is 1.08. The fraction of sp³-hybridized carbons (Fsp3) is 0.167. The number of hydrogen-bond acceptors (Lipinski definition) is 8. The van der Waals surface area contributed by atoms with Crippen LogP contribution in [-0.2, 0) is 10.0 Å². The van der Waals surface area contributed by atoms with Gasteiger partial charge in [0, 0.05) is 16.9 Å². The van der Waals surface area contributed by atoms with E-state index in [1.165, 1.54) is 23.1 Å². The molecule has 0 amide bonds. The van der Waals surface area contributed by atoms with Crippen molar-refractivity contribution in [2.24, 2.45) is 0 Å². The highest BCUT2D eigenvalue weighted by Crippen LogP contribution is 2.28. The Morgan fingerprint density at radius 2 is 1.86 bits per heavy atom. The summed E-state index contributed by atoms with van der Waals surface area (Å²) in [6, 6.07) is 14.3. The highest BCUT2D eigenvalue weighted by molar-refractivity contribution is 8.01. The summed E-state index contributed by atoms with van der Waals surface area (Å²) in [7, 11) is -3.34. The second kappa shape index (κ2) is 8.72. The first-order valence-corrected chi connectivity index (χ1v) is 11.9. The number of Topliss-reactive ketones (excluding diaryl/α,β-unsaturated/α-hetero) is 1. The minimum Gasteiger partial charge on any atom is -0.330 e. The zero-order valence-electron chi connectivity index (χ0n) is 15.2. The third-order valence-corrected chi connectivity index (χ3v) is 6.09. The molecule has 1 aromatic heterocycles. The molecule has 10 heteroatoms. The van der Waals surface area contributed by atoms with E-state index in [-0.39, 0.29) is 11.5 Å². The number of hydrogen-bond donors (Lipinski definition) is 2. The van der Waals surface area contributed by atoms with Crippen molar-refractivity contribution in [2.75, 3.05) is 22.0 Å². The minimum atomic E-state index is -3.34. The molecule has 146 valence electrons. The third kappa shape index (κ3) is 6.04. The first-order chi connectivity index (χ1) is 13.3. The van der Waals surface area contributed by atoms with E-state index in [0.29, 0.717) is 20.7 Å². The molecule has 0 aliphatic heterocycles. The van der Waals surface area contributed by atoms with Crippen LogP contribution in [0.5, 0.6) is 0 Å². The lowest BCUT2D eigenvalue weighted by Gasteiger charge is -2.04. The van der Waals surface area contributed by atoms with Gasteiger partial charge in [0.2, 0.25) is 15.2 Å². The molecule has 0 aliphatic carbocycles. The highest BCUT2D eigenvalue weighted by Gasteiger charge is 2.11. The minimum absolute atomic E-state index is 0.0701. The van der Waals surface area contributed by atoms with Crippen molar-refractivity contribution in [1.29, 1.82) is 0 Å². The number of nitrogens with one attached hydrogen (secondary N) is 2. The lowest BCUT2D eigenvalue weighted by Crippen LogP contribution is -2.10. The zero-order valence-corrected chi connectivity index (χ0v) is 17.6. The van der Waals surface area contributed by atoms with Crippen molar-refractivity contribution in [2.45, 2.75) is 11.3 Å². The molecular weight excluding hydrogens is 416 g/mol. The number of carbonyl (C=O) groups excluding carboxylic acids is 1. The Hall–Kier alpha value is -2.43. The second-order valence-corrected chi connectivity index (χ2v) is 9.98. The smallest absolute Gasteiger partial charge is 0.229 e. The van der Waals surface area contributed by atoms with Crippen molar-refractivity contribution in [3.8, 4) is 0 Å². The number of ketones is 1. The molecule has 1 heterocycles. The van der Waals surface area contributed by atoms with Crippen LogP contribution in [0, 0.1) is 6.92 Å². The Morgan fingerprint density at radius 1 is 1.11 bits per heavy atom. The van der Waals surface area contributed by atoms with E-state index < -0.39 is 10.0 Å². The number of aromatic nitrogens is 2. The largest absolute Gasteiger partial charge is 0.330 e. The Labute approximate surface area is 171 Å². The van der Waals surface area contributed by atoms with E-state index in [4.69, 9.17) is 0 Å². The Bertz CT molecular complexity index is 1080. The van der Waals surface area contributed by atoms with E-state index in [0.717, 1.165) is 17.5 Å². The number of anilines is 3. The summed E-state index contributed by atoms with van der Waals surface area (Å²) in [4.78, 5) is 12.3. The van der Waals surface area contributed by atoms with Gasteiger partial charge >= 0.3 is 0 Å². The first-order valence-electron chi connectivity index (χ1n) is 8.19. The molecule has 3 aromatic rings. The number of thioether (sulfide) groups is 1. The molecule has 2 aromatic carbocycles. The highest BCUT2D eigenvalue weighted by atomic mass is 32.2. The standard InChI is InChI=1S/C18H18N4O3S3/c1-12-4-3-5-15(10-12)19-17-20-21-18(27-17)26-11-16(23)13-6-8-14(9-7-13)22-28(2,24)25/h3-10,22H,11H2,1-2H3,(H,19,20). The third-order valence-electron chi connectivity index (χ3n) is 3.51. The Morgan fingerprint density at radius 3 is 2.54 bits per heavy atom. The van der Waals surface area contributed by atoms with Gasteiger partial charge in [-0.1, -0.05) is 35.2 Å². The fourth-order valence-corrected chi connectivity index (χ4v) is 4.54. The maximum Gasteiger partial charge on any atom is 0.229 e. The van der Waals surface area contributed by atoms with E-state index in [2.05, 4.69) is 20.2 Å². The summed E-state index contributed by atoms with van der Waals surface area (Å²) in [5.74, 6) is 0.150. The summed E-state index contributed by atoms with van der Waals surface area (Å²) in [6.45, 7) is 2.02. The van der Waals surface area contributed by atoms with Crippen LogP contribution in [0.1, 0.15) is 15.9 Å². The fourth-order valence-electron chi connectivity index (χ4n) is 2.31. The van der Waals surface area contributed by atoms with Crippen molar-refractivity contribution in [3.63, 3.8) is 0 Å². The summed E-state index contributed by atoms with van der Waals surface area (Å²) >= 11 is 2.70. The topological polar surface area (TPSA) is 101 Å². The van der Waals surface area contributed by atoms with Gasteiger partial charge in [-0.25, -0.2) is 8.42 Å². The average molecular weight is 435 g/mol. The van der Waals surface area contributed by atoms with Gasteiger partial charge in [0.25, 0.3) is 0 Å². The van der Waals surface area contributed by atoms with Gasteiger partial charge in [0.1, 0.15) is 0 Å². The van der Waals surface area contributed by atoms with Crippen LogP contribution >= 0.6 is 23.1 Å². The van der Waals surface area contributed by atoms with Gasteiger partial charge in [0.05, 0.1) is 12.0 Å². The predicted molar refractivity (Wildman–Crippen MR) is 114 cm³/mol. The summed E-state index contributed by atoms with van der Waals surface area (Å²) < 4.78 is 25.5. The van der Waals surface area contributed by atoms with Crippen molar-refractivity contribution < 1.29 is 13.2 Å². The van der Waals surface area contributed by atoms with E-state index >= 15 is 0 Å². The van der Waals surface area contributed by atoms with Crippen LogP contribution < -0.4 is 10.0 Å². The maximum absolute atomic E-state index is 12.3. The Kier molecular flexibility index (Phi) is 6.32. The lowest BCUT2D eigenvalue weighted by molar-refractivity contribution is 0.102. The number of sulfonamides is 1. The molecule has 0 radical (unpaired) electrons. The number of benzene rings is 2. The number of rotatable bonds is 8. The molecule has 7 nitrogen and oxygen atoms in total. The molecule has 0 fully saturated rings. The van der Waals surface area contributed by atoms with Crippen LogP contribution in [-0.4, -0.2) is 36.4 Å². The Balaban J connectivity index is 1.55. The second-order valence-electron chi connectivity index (χ2n) is 6.03. The molecule has 0 aliphatic rings. The first kappa shape index (κ1) is 20.3. The average Bonchev–Trinajstić information content (AvgIpc) is 3.06. The summed E-state index contributed by atoms with van der Waals surface area (Å²) in [5.41, 5.74) is 3.01. The van der Waals surface area contributed by atoms with Gasteiger partial charge in [-0.3, -0.25) is 9.52 Å². The molecule has 3 rings (SSSR count). The zero-order chi connectivity index (χ0) is 20.1. The van der Waals surface area contributed by atoms with Gasteiger partial charge in [-0.05, 0) is 48.9 Å². The van der Waals surface area contributed by atoms with Crippen molar-refractivity contribution in [3.05, 3.63) is 59.7 Å². The molecule has 28 heavy (non-hydrogen) atoms. The monoisotopic (exact) mass is 434 g/mol. The maximum atomic E-state index is 12.3. The molecule has 0 spiro atoms. The van der Waals surface area contributed by atoms with E-state index in [9.17, 15) is 13.2 Å². The van der Waals surface area contributed by atoms with E-state index in [1.54, 1.807) is 24.3 Å². The lowest BCUT2D eigenvalue weighted by atomic mass is 10.1. The van der Waals surface area contributed by atoms with Gasteiger partial charge in [-0.2, -0.15) is 0 Å².